The van der Waals surface area contributed by atoms with Crippen LogP contribution in [0.3, 0.4) is 0 Å². The molecule has 66 valence electrons. The van der Waals surface area contributed by atoms with E-state index in [0.717, 1.165) is 16.9 Å². The van der Waals surface area contributed by atoms with Crippen molar-refractivity contribution in [3.8, 4) is 0 Å². The summed E-state index contributed by atoms with van der Waals surface area (Å²) in [6.07, 6.45) is 0.925. The molecule has 0 saturated carbocycles. The van der Waals surface area contributed by atoms with Crippen LogP contribution in [-0.4, -0.2) is 5.78 Å². The highest BCUT2D eigenvalue weighted by Crippen LogP contribution is 2.19. The first-order chi connectivity index (χ1) is 5.66. The van der Waals surface area contributed by atoms with E-state index in [2.05, 4.69) is 0 Å². The molecule has 0 bridgehead atoms. The van der Waals surface area contributed by atoms with E-state index >= 15 is 0 Å². The molecule has 0 spiro atoms. The summed E-state index contributed by atoms with van der Waals surface area (Å²) in [7, 11) is 0. The van der Waals surface area contributed by atoms with Gasteiger partial charge in [-0.15, -0.1) is 11.3 Å². The molecule has 0 saturated heterocycles. The molecule has 0 amide bonds. The summed E-state index contributed by atoms with van der Waals surface area (Å²) >= 11 is 1.64. The second-order valence-electron chi connectivity index (χ2n) is 3.06. The highest BCUT2D eigenvalue weighted by Gasteiger charge is 2.15. The fraction of sp³-hybridized carbons (Fsp3) is 0.500. The molecule has 1 heterocycles. The standard InChI is InChI=1S/C10H14OS/c1-4-7(2)10(11)9-5-6-12-8(9)3/h5-7H,4H2,1-3H3. The van der Waals surface area contributed by atoms with Crippen molar-refractivity contribution in [3.05, 3.63) is 21.9 Å². The third kappa shape index (κ3) is 1.75. The number of ketones is 1. The van der Waals surface area contributed by atoms with Crippen LogP contribution in [0.1, 0.15) is 35.5 Å². The number of hydrogen-bond donors (Lipinski definition) is 0. The highest BCUT2D eigenvalue weighted by molar-refractivity contribution is 7.10. The number of rotatable bonds is 3. The van der Waals surface area contributed by atoms with Crippen LogP contribution in [0, 0.1) is 12.8 Å². The maximum Gasteiger partial charge on any atom is 0.166 e. The van der Waals surface area contributed by atoms with Gasteiger partial charge in [-0.2, -0.15) is 0 Å². The molecule has 0 radical (unpaired) electrons. The van der Waals surface area contributed by atoms with Gasteiger partial charge in [0.1, 0.15) is 0 Å². The maximum absolute atomic E-state index is 11.7. The molecule has 12 heavy (non-hydrogen) atoms. The van der Waals surface area contributed by atoms with E-state index in [4.69, 9.17) is 0 Å². The lowest BCUT2D eigenvalue weighted by atomic mass is 9.98. The quantitative estimate of drug-likeness (QED) is 0.656. The molecule has 0 fully saturated rings. The molecule has 0 N–H and O–H groups in total. The molecule has 1 unspecified atom stereocenters. The van der Waals surface area contributed by atoms with Gasteiger partial charge in [-0.25, -0.2) is 0 Å². The van der Waals surface area contributed by atoms with Gasteiger partial charge in [0.2, 0.25) is 0 Å². The topological polar surface area (TPSA) is 17.1 Å². The molecule has 2 heteroatoms. The second kappa shape index (κ2) is 3.85. The van der Waals surface area contributed by atoms with Crippen LogP contribution in [0.2, 0.25) is 0 Å². The van der Waals surface area contributed by atoms with Gasteiger partial charge in [0.05, 0.1) is 0 Å². The van der Waals surface area contributed by atoms with Gasteiger partial charge in [0, 0.05) is 16.4 Å². The van der Waals surface area contributed by atoms with Crippen molar-refractivity contribution in [2.75, 3.05) is 0 Å². The number of carbonyl (C=O) groups excluding carboxylic acids is 1. The normalized spacial score (nSPS) is 12.9. The zero-order chi connectivity index (χ0) is 9.14. The van der Waals surface area contributed by atoms with Crippen molar-refractivity contribution in [2.45, 2.75) is 27.2 Å². The van der Waals surface area contributed by atoms with E-state index in [1.54, 1.807) is 11.3 Å². The Balaban J connectivity index is 2.85. The number of hydrogen-bond acceptors (Lipinski definition) is 2. The van der Waals surface area contributed by atoms with Crippen LogP contribution in [0.4, 0.5) is 0 Å². The molecular weight excluding hydrogens is 168 g/mol. The maximum atomic E-state index is 11.7. The summed E-state index contributed by atoms with van der Waals surface area (Å²) in [5.74, 6) is 0.453. The first kappa shape index (κ1) is 9.46. The summed E-state index contributed by atoms with van der Waals surface area (Å²) in [5.41, 5.74) is 0.911. The van der Waals surface area contributed by atoms with Gasteiger partial charge < -0.3 is 0 Å². The van der Waals surface area contributed by atoms with Crippen molar-refractivity contribution < 1.29 is 4.79 Å². The predicted molar refractivity (Wildman–Crippen MR) is 52.8 cm³/mol. The molecule has 1 rings (SSSR count). The van der Waals surface area contributed by atoms with Gasteiger partial charge in [0.15, 0.2) is 5.78 Å². The lowest BCUT2D eigenvalue weighted by Gasteiger charge is -2.05. The average molecular weight is 182 g/mol. The second-order valence-corrected chi connectivity index (χ2v) is 4.18. The summed E-state index contributed by atoms with van der Waals surface area (Å²) in [6.45, 7) is 6.03. The molecular formula is C10H14OS. The third-order valence-corrected chi connectivity index (χ3v) is 3.03. The Kier molecular flexibility index (Phi) is 3.04. The summed E-state index contributed by atoms with van der Waals surface area (Å²) in [6, 6.07) is 1.93. The monoisotopic (exact) mass is 182 g/mol. The average Bonchev–Trinajstić information content (AvgIpc) is 2.48. The SMILES string of the molecule is CCC(C)C(=O)c1ccsc1C. The lowest BCUT2D eigenvalue weighted by Crippen LogP contribution is -2.09. The van der Waals surface area contributed by atoms with Crippen molar-refractivity contribution in [3.63, 3.8) is 0 Å². The molecule has 0 aliphatic rings. The minimum atomic E-state index is 0.165. The van der Waals surface area contributed by atoms with E-state index in [1.807, 2.05) is 32.2 Å². The van der Waals surface area contributed by atoms with Crippen LogP contribution in [0.5, 0.6) is 0 Å². The van der Waals surface area contributed by atoms with Gasteiger partial charge in [-0.3, -0.25) is 4.79 Å². The first-order valence-corrected chi connectivity index (χ1v) is 5.13. The van der Waals surface area contributed by atoms with Gasteiger partial charge in [-0.05, 0) is 24.8 Å². The van der Waals surface area contributed by atoms with Crippen molar-refractivity contribution in [2.24, 2.45) is 5.92 Å². The summed E-state index contributed by atoms with van der Waals surface area (Å²) in [4.78, 5) is 12.8. The number of thiophene rings is 1. The third-order valence-electron chi connectivity index (χ3n) is 2.18. The van der Waals surface area contributed by atoms with Gasteiger partial charge in [0.25, 0.3) is 0 Å². The molecule has 1 aromatic rings. The zero-order valence-corrected chi connectivity index (χ0v) is 8.57. The van der Waals surface area contributed by atoms with Crippen LogP contribution in [0.15, 0.2) is 11.4 Å². The largest absolute Gasteiger partial charge is 0.294 e. The molecule has 0 aliphatic carbocycles. The first-order valence-electron chi connectivity index (χ1n) is 4.25. The van der Waals surface area contributed by atoms with Crippen molar-refractivity contribution in [1.29, 1.82) is 0 Å². The number of aryl methyl sites for hydroxylation is 1. The Labute approximate surface area is 77.4 Å². The van der Waals surface area contributed by atoms with Crippen LogP contribution in [0.25, 0.3) is 0 Å². The Morgan fingerprint density at radius 3 is 2.75 bits per heavy atom. The fourth-order valence-corrected chi connectivity index (χ4v) is 1.80. The Bertz CT molecular complexity index is 275. The smallest absolute Gasteiger partial charge is 0.166 e. The zero-order valence-electron chi connectivity index (χ0n) is 7.76. The van der Waals surface area contributed by atoms with Crippen LogP contribution < -0.4 is 0 Å². The molecule has 0 aromatic carbocycles. The van der Waals surface area contributed by atoms with E-state index in [-0.39, 0.29) is 11.7 Å². The van der Waals surface area contributed by atoms with E-state index < -0.39 is 0 Å². The minimum Gasteiger partial charge on any atom is -0.294 e. The summed E-state index contributed by atoms with van der Waals surface area (Å²) in [5, 5.41) is 1.98. The number of Topliss-reactive ketones (excluding diaryl/α,β-unsaturated/α-hetero) is 1. The van der Waals surface area contributed by atoms with Crippen molar-refractivity contribution in [1.82, 2.24) is 0 Å². The van der Waals surface area contributed by atoms with Crippen LogP contribution in [-0.2, 0) is 0 Å². The Hall–Kier alpha value is -0.630. The van der Waals surface area contributed by atoms with E-state index in [0.29, 0.717) is 0 Å². The van der Waals surface area contributed by atoms with E-state index in [1.165, 1.54) is 0 Å². The molecule has 0 aliphatic heterocycles. The van der Waals surface area contributed by atoms with Crippen LogP contribution >= 0.6 is 11.3 Å². The van der Waals surface area contributed by atoms with E-state index in [9.17, 15) is 4.79 Å². The Morgan fingerprint density at radius 1 is 1.67 bits per heavy atom. The lowest BCUT2D eigenvalue weighted by molar-refractivity contribution is 0.0927. The molecule has 1 nitrogen and oxygen atoms in total. The predicted octanol–water partition coefficient (Wildman–Crippen LogP) is 3.29. The fourth-order valence-electron chi connectivity index (χ4n) is 1.09. The minimum absolute atomic E-state index is 0.165. The summed E-state index contributed by atoms with van der Waals surface area (Å²) < 4.78 is 0. The Morgan fingerprint density at radius 2 is 2.33 bits per heavy atom. The van der Waals surface area contributed by atoms with Gasteiger partial charge >= 0.3 is 0 Å². The molecule has 1 aromatic heterocycles. The number of carbonyl (C=O) groups is 1. The highest BCUT2D eigenvalue weighted by atomic mass is 32.1. The molecule has 1 atom stereocenters. The van der Waals surface area contributed by atoms with Crippen molar-refractivity contribution >= 4 is 17.1 Å². The van der Waals surface area contributed by atoms with Gasteiger partial charge in [-0.1, -0.05) is 13.8 Å².